The van der Waals surface area contributed by atoms with Crippen LogP contribution in [0.4, 0.5) is 5.69 Å². The first kappa shape index (κ1) is 27.5. The van der Waals surface area contributed by atoms with Crippen molar-refractivity contribution in [1.29, 1.82) is 0 Å². The van der Waals surface area contributed by atoms with Crippen LogP contribution in [0.2, 0.25) is 0 Å². The van der Waals surface area contributed by atoms with Crippen molar-refractivity contribution in [2.45, 2.75) is 76.9 Å². The number of methoxy groups -OCH3 is 1. The first-order valence-electron chi connectivity index (χ1n) is 14.7. The molecule has 0 saturated heterocycles. The quantitative estimate of drug-likeness (QED) is 0.530. The van der Waals surface area contributed by atoms with Crippen LogP contribution in [0.5, 0.6) is 5.75 Å². The van der Waals surface area contributed by atoms with Crippen LogP contribution in [0, 0.1) is 23.2 Å². The van der Waals surface area contributed by atoms with E-state index < -0.39 is 29.7 Å². The van der Waals surface area contributed by atoms with Crippen molar-refractivity contribution in [3.63, 3.8) is 0 Å². The van der Waals surface area contributed by atoms with Crippen LogP contribution < -0.4 is 9.64 Å². The Labute approximate surface area is 240 Å². The summed E-state index contributed by atoms with van der Waals surface area (Å²) in [7, 11) is 1.58. The first-order chi connectivity index (χ1) is 19.7. The summed E-state index contributed by atoms with van der Waals surface area (Å²) < 4.78 is 5.42. The number of benzene rings is 2. The predicted octanol–water partition coefficient (Wildman–Crippen LogP) is 5.09. The van der Waals surface area contributed by atoms with E-state index in [2.05, 4.69) is 0 Å². The van der Waals surface area contributed by atoms with Gasteiger partial charge in [0.1, 0.15) is 17.8 Å². The summed E-state index contributed by atoms with van der Waals surface area (Å²) in [5, 5.41) is 10.3. The van der Waals surface area contributed by atoms with Crippen molar-refractivity contribution in [2.75, 3.05) is 12.0 Å². The van der Waals surface area contributed by atoms with Gasteiger partial charge < -0.3 is 19.6 Å². The maximum absolute atomic E-state index is 14.9. The molecule has 8 nitrogen and oxygen atoms in total. The van der Waals surface area contributed by atoms with Gasteiger partial charge >= 0.3 is 5.97 Å². The van der Waals surface area contributed by atoms with E-state index in [0.29, 0.717) is 35.6 Å². The van der Waals surface area contributed by atoms with Gasteiger partial charge in [-0.2, -0.15) is 0 Å². The summed E-state index contributed by atoms with van der Waals surface area (Å²) in [4.78, 5) is 57.4. The van der Waals surface area contributed by atoms with E-state index in [0.717, 1.165) is 24.8 Å². The minimum atomic E-state index is -1.42. The van der Waals surface area contributed by atoms with Crippen LogP contribution >= 0.6 is 0 Å². The molecule has 4 bridgehead atoms. The van der Waals surface area contributed by atoms with E-state index in [4.69, 9.17) is 4.74 Å². The molecule has 2 atom stereocenters. The zero-order valence-electron chi connectivity index (χ0n) is 23.8. The molecule has 2 aromatic rings. The summed E-state index contributed by atoms with van der Waals surface area (Å²) >= 11 is 0. The summed E-state index contributed by atoms with van der Waals surface area (Å²) in [5.41, 5.74) is 1.42. The van der Waals surface area contributed by atoms with Gasteiger partial charge in [0.25, 0.3) is 0 Å². The number of Topliss-reactive ketones (excluding diaryl/α,β-unsaturated/α-hetero) is 1. The van der Waals surface area contributed by atoms with Gasteiger partial charge in [0.15, 0.2) is 5.78 Å². The van der Waals surface area contributed by atoms with Gasteiger partial charge in [-0.3, -0.25) is 14.4 Å². The Bertz CT molecular complexity index is 1350. The Morgan fingerprint density at radius 1 is 0.976 bits per heavy atom. The molecule has 5 aliphatic rings. The average molecular weight is 559 g/mol. The Balaban J connectivity index is 1.48. The number of anilines is 1. The molecule has 216 valence electrons. The molecule has 0 radical (unpaired) electrons. The summed E-state index contributed by atoms with van der Waals surface area (Å²) in [6, 6.07) is 11.9. The third-order valence-electron chi connectivity index (χ3n) is 10.0. The predicted molar refractivity (Wildman–Crippen MR) is 153 cm³/mol. The largest absolute Gasteiger partial charge is 0.497 e. The number of ketones is 1. The summed E-state index contributed by atoms with van der Waals surface area (Å²) in [6.45, 7) is 1.47. The molecule has 4 fully saturated rings. The summed E-state index contributed by atoms with van der Waals surface area (Å²) in [5.74, 6) is 0.0169. The number of carbonyl (C=O) groups excluding carboxylic acids is 3. The van der Waals surface area contributed by atoms with Gasteiger partial charge in [0, 0.05) is 18.9 Å². The van der Waals surface area contributed by atoms with Gasteiger partial charge in [-0.15, -0.1) is 0 Å². The summed E-state index contributed by atoms with van der Waals surface area (Å²) in [6.07, 6.45) is 6.77. The minimum absolute atomic E-state index is 0.106. The number of aliphatic carboxylic acids is 1. The Morgan fingerprint density at radius 2 is 1.63 bits per heavy atom. The lowest BCUT2D eigenvalue weighted by molar-refractivity contribution is -0.156. The van der Waals surface area contributed by atoms with Crippen molar-refractivity contribution < 1.29 is 29.0 Å². The number of amides is 2. The normalized spacial score (nSPS) is 30.8. The number of ether oxygens (including phenoxy) is 1. The molecule has 7 rings (SSSR count). The number of hydrogen-bond donors (Lipinski definition) is 1. The number of carbonyl (C=O) groups is 4. The van der Waals surface area contributed by atoms with Crippen molar-refractivity contribution in [1.82, 2.24) is 4.90 Å². The number of rotatable bonds is 6. The Kier molecular flexibility index (Phi) is 7.12. The molecular formula is C33H38N2O6. The molecule has 2 aromatic carbocycles. The highest BCUT2D eigenvalue weighted by atomic mass is 16.5. The number of hydrogen-bond acceptors (Lipinski definition) is 5. The monoisotopic (exact) mass is 558 g/mol. The molecule has 1 aliphatic heterocycles. The third-order valence-corrected chi connectivity index (χ3v) is 10.0. The molecule has 1 N–H and O–H groups in total. The number of carboxylic acid groups (broad SMARTS) is 1. The maximum atomic E-state index is 14.9. The molecule has 0 aromatic heterocycles. The lowest BCUT2D eigenvalue weighted by Gasteiger charge is -2.58. The number of fused-ring (bicyclic) bond motifs is 1. The number of nitrogens with zero attached hydrogens (tertiary/aromatic N) is 2. The van der Waals surface area contributed by atoms with Crippen molar-refractivity contribution in [3.05, 3.63) is 59.7 Å². The fraction of sp³-hybridized carbons (Fsp3) is 0.515. The van der Waals surface area contributed by atoms with Crippen LogP contribution in [0.3, 0.4) is 0 Å². The van der Waals surface area contributed by atoms with Gasteiger partial charge in [-0.25, -0.2) is 4.79 Å². The van der Waals surface area contributed by atoms with E-state index >= 15 is 0 Å². The van der Waals surface area contributed by atoms with E-state index in [1.807, 2.05) is 24.3 Å². The second-order valence-electron chi connectivity index (χ2n) is 12.8. The van der Waals surface area contributed by atoms with Crippen molar-refractivity contribution in [3.8, 4) is 5.75 Å². The topological polar surface area (TPSA) is 104 Å². The third kappa shape index (κ3) is 5.13. The first-order valence-corrected chi connectivity index (χ1v) is 14.7. The molecule has 0 spiro atoms. The van der Waals surface area contributed by atoms with Crippen LogP contribution in [0.1, 0.15) is 74.2 Å². The lowest BCUT2D eigenvalue weighted by atomic mass is 9.48. The lowest BCUT2D eigenvalue weighted by Crippen LogP contribution is -2.59. The number of para-hydroxylation sites is 1. The SMILES string of the molecule is COc1cccc(CN2C(=O)[C@@H](CC34CC5CC(CC(C5)C3)C4)N(C(C)=O)[C@H](C(=O)O)CC(=O)c3ccccc32)c1. The minimum Gasteiger partial charge on any atom is -0.497 e. The second kappa shape index (κ2) is 10.6. The molecule has 41 heavy (non-hydrogen) atoms. The van der Waals surface area contributed by atoms with Crippen LogP contribution in [0.25, 0.3) is 0 Å². The van der Waals surface area contributed by atoms with Gasteiger partial charge in [-0.1, -0.05) is 24.3 Å². The van der Waals surface area contributed by atoms with E-state index in [1.165, 1.54) is 31.1 Å². The molecule has 8 heteroatoms. The smallest absolute Gasteiger partial charge is 0.326 e. The fourth-order valence-corrected chi connectivity index (χ4v) is 8.86. The highest BCUT2D eigenvalue weighted by molar-refractivity contribution is 6.10. The molecule has 1 heterocycles. The van der Waals surface area contributed by atoms with Gasteiger partial charge in [-0.05, 0) is 97.9 Å². The maximum Gasteiger partial charge on any atom is 0.326 e. The fourth-order valence-electron chi connectivity index (χ4n) is 8.86. The zero-order chi connectivity index (χ0) is 28.9. The average Bonchev–Trinajstić information content (AvgIpc) is 2.96. The Morgan fingerprint density at radius 3 is 2.24 bits per heavy atom. The Hall–Kier alpha value is -3.68. The van der Waals surface area contributed by atoms with Crippen LogP contribution in [-0.2, 0) is 20.9 Å². The number of carboxylic acids is 1. The van der Waals surface area contributed by atoms with Crippen molar-refractivity contribution in [2.24, 2.45) is 23.2 Å². The molecule has 4 saturated carbocycles. The van der Waals surface area contributed by atoms with Crippen LogP contribution in [0.15, 0.2) is 48.5 Å². The standard InChI is InChI=1S/C33H38N2O6/c1-20(36)35-28(32(39)40)14-30(37)26-8-3-4-9-27(26)34(19-21-6-5-7-25(13-21)41-2)31(38)29(35)18-33-15-22-10-23(16-33)12-24(11-22)17-33/h3-9,13,22-24,28-29H,10-12,14-19H2,1-2H3,(H,39,40)/t22?,23?,24?,28-,29+,33?/m0/s1. The molecule has 4 aliphatic carbocycles. The molecular weight excluding hydrogens is 520 g/mol. The van der Waals surface area contributed by atoms with Crippen LogP contribution in [-0.4, -0.2) is 52.8 Å². The highest BCUT2D eigenvalue weighted by Gasteiger charge is 2.54. The van der Waals surface area contributed by atoms with E-state index in [-0.39, 0.29) is 29.9 Å². The highest BCUT2D eigenvalue weighted by Crippen LogP contribution is 2.62. The molecule has 0 unspecified atom stereocenters. The second-order valence-corrected chi connectivity index (χ2v) is 12.8. The van der Waals surface area contributed by atoms with Gasteiger partial charge in [0.2, 0.25) is 11.8 Å². The van der Waals surface area contributed by atoms with Gasteiger partial charge in [0.05, 0.1) is 19.3 Å². The van der Waals surface area contributed by atoms with E-state index in [1.54, 1.807) is 36.3 Å². The van der Waals surface area contributed by atoms with E-state index in [9.17, 15) is 24.3 Å². The van der Waals surface area contributed by atoms with Crippen molar-refractivity contribution >= 4 is 29.3 Å². The molecule has 2 amide bonds. The zero-order valence-corrected chi connectivity index (χ0v) is 23.8.